The number of pyridine rings is 2. The van der Waals surface area contributed by atoms with Crippen LogP contribution in [0.3, 0.4) is 0 Å². The van der Waals surface area contributed by atoms with Crippen LogP contribution in [0.1, 0.15) is 32.8 Å². The van der Waals surface area contributed by atoms with Gasteiger partial charge in [0, 0.05) is 64.4 Å². The topological polar surface area (TPSA) is 101 Å². The molecular weight excluding hydrogens is 546 g/mol. The predicted octanol–water partition coefficient (Wildman–Crippen LogP) is 4.36. The van der Waals surface area contributed by atoms with Crippen molar-refractivity contribution in [3.8, 4) is 5.75 Å². The second-order valence-corrected chi connectivity index (χ2v) is 11.4. The van der Waals surface area contributed by atoms with Gasteiger partial charge in [0.05, 0.1) is 29.6 Å². The van der Waals surface area contributed by atoms with E-state index in [0.717, 1.165) is 31.5 Å². The minimum Gasteiger partial charge on any atom is -0.493 e. The van der Waals surface area contributed by atoms with Crippen LogP contribution in [0, 0.1) is 5.41 Å². The molecule has 1 aliphatic rings. The third-order valence-corrected chi connectivity index (χ3v) is 8.11. The lowest BCUT2D eigenvalue weighted by Crippen LogP contribution is -2.47. The van der Waals surface area contributed by atoms with E-state index < -0.39 is 5.41 Å². The number of benzene rings is 1. The van der Waals surface area contributed by atoms with E-state index in [0.29, 0.717) is 54.3 Å². The molecule has 3 aromatic heterocycles. The molecule has 0 spiro atoms. The second-order valence-electron chi connectivity index (χ2n) is 11.4. The highest BCUT2D eigenvalue weighted by Gasteiger charge is 2.45. The molecule has 0 fully saturated rings. The number of hydrogen-bond donors (Lipinski definition) is 0. The largest absolute Gasteiger partial charge is 0.493 e. The summed E-state index contributed by atoms with van der Waals surface area (Å²) in [6, 6.07) is 13.1. The summed E-state index contributed by atoms with van der Waals surface area (Å²) in [7, 11) is 1.70. The number of ether oxygens (including phenoxy) is 1. The number of amides is 2. The first-order valence-electron chi connectivity index (χ1n) is 14.8. The van der Waals surface area contributed by atoms with Crippen molar-refractivity contribution >= 4 is 34.2 Å². The monoisotopic (exact) mass is 585 g/mol. The minimum absolute atomic E-state index is 0.0554. The van der Waals surface area contributed by atoms with Gasteiger partial charge in [-0.15, -0.1) is 0 Å². The lowest BCUT2D eigenvalue weighted by molar-refractivity contribution is -0.137. The first kappa shape index (κ1) is 30.0. The highest BCUT2D eigenvalue weighted by Crippen LogP contribution is 2.40. The zero-order valence-electron chi connectivity index (χ0n) is 25.3. The van der Waals surface area contributed by atoms with E-state index in [4.69, 9.17) is 9.15 Å². The van der Waals surface area contributed by atoms with Gasteiger partial charge in [-0.1, -0.05) is 6.07 Å². The SMILES string of the molecule is CCN1C(=O)C(C)(C)C(=O)N(C)c2cc(OCCCN(CCc3cccnc3)CCn3ccc4occc4c3=O)ccc21. The van der Waals surface area contributed by atoms with Crippen LogP contribution in [0.4, 0.5) is 11.4 Å². The van der Waals surface area contributed by atoms with Crippen LogP contribution in [0.25, 0.3) is 11.0 Å². The number of anilines is 2. The molecule has 226 valence electrons. The summed E-state index contributed by atoms with van der Waals surface area (Å²) in [4.78, 5) is 48.9. The summed E-state index contributed by atoms with van der Waals surface area (Å²) in [5.41, 5.74) is 1.90. The lowest BCUT2D eigenvalue weighted by atomic mass is 9.90. The van der Waals surface area contributed by atoms with Crippen molar-refractivity contribution in [1.82, 2.24) is 14.5 Å². The van der Waals surface area contributed by atoms with Gasteiger partial charge in [-0.25, -0.2) is 0 Å². The van der Waals surface area contributed by atoms with Crippen LogP contribution < -0.4 is 20.1 Å². The fourth-order valence-electron chi connectivity index (χ4n) is 5.55. The Hall–Kier alpha value is -4.44. The molecule has 0 aliphatic carbocycles. The van der Waals surface area contributed by atoms with E-state index in [9.17, 15) is 14.4 Å². The van der Waals surface area contributed by atoms with Gasteiger partial charge in [0.1, 0.15) is 16.7 Å². The number of furan rings is 1. The van der Waals surface area contributed by atoms with E-state index >= 15 is 0 Å². The zero-order chi connectivity index (χ0) is 30.6. The molecule has 0 bridgehead atoms. The van der Waals surface area contributed by atoms with Gasteiger partial charge in [-0.05, 0) is 69.5 Å². The fourth-order valence-corrected chi connectivity index (χ4v) is 5.55. The molecule has 1 aliphatic heterocycles. The van der Waals surface area contributed by atoms with Gasteiger partial charge >= 0.3 is 0 Å². The average Bonchev–Trinajstić information content (AvgIpc) is 3.49. The summed E-state index contributed by atoms with van der Waals surface area (Å²) in [5.74, 6) is 0.184. The van der Waals surface area contributed by atoms with Gasteiger partial charge in [0.25, 0.3) is 5.56 Å². The Balaban J connectivity index is 1.23. The van der Waals surface area contributed by atoms with Crippen LogP contribution in [0.15, 0.2) is 76.5 Å². The molecule has 4 aromatic rings. The predicted molar refractivity (Wildman–Crippen MR) is 167 cm³/mol. The normalized spacial score (nSPS) is 14.8. The molecule has 0 saturated heterocycles. The maximum absolute atomic E-state index is 13.2. The van der Waals surface area contributed by atoms with Crippen molar-refractivity contribution in [1.29, 1.82) is 0 Å². The number of carbonyl (C=O) groups is 2. The van der Waals surface area contributed by atoms with Crippen molar-refractivity contribution in [2.24, 2.45) is 5.41 Å². The number of fused-ring (bicyclic) bond motifs is 2. The highest BCUT2D eigenvalue weighted by molar-refractivity contribution is 6.20. The summed E-state index contributed by atoms with van der Waals surface area (Å²) < 4.78 is 13.2. The Bertz CT molecular complexity index is 1640. The van der Waals surface area contributed by atoms with Gasteiger partial charge < -0.3 is 28.4 Å². The van der Waals surface area contributed by atoms with Crippen LogP contribution in [0.5, 0.6) is 5.75 Å². The van der Waals surface area contributed by atoms with Crippen molar-refractivity contribution < 1.29 is 18.7 Å². The molecule has 2 amide bonds. The third-order valence-electron chi connectivity index (χ3n) is 8.11. The van der Waals surface area contributed by atoms with Crippen molar-refractivity contribution in [3.05, 3.63) is 83.2 Å². The molecule has 5 rings (SSSR count). The third kappa shape index (κ3) is 6.34. The molecule has 0 saturated carbocycles. The molecule has 0 atom stereocenters. The fraction of sp³-hybridized carbons (Fsp3) is 0.394. The standard InChI is InChI=1S/C33H39N5O5/c1-5-38-27-10-9-25(22-28(27)35(4)31(40)33(2,3)32(38)41)42-20-7-15-36(16-11-24-8-6-14-34-23-24)18-19-37-17-12-29-26(30(37)39)13-21-43-29/h6,8-10,12-14,17,21-23H,5,7,11,15-16,18-20H2,1-4H3. The Morgan fingerprint density at radius 1 is 1.00 bits per heavy atom. The van der Waals surface area contributed by atoms with Crippen LogP contribution >= 0.6 is 0 Å². The first-order valence-corrected chi connectivity index (χ1v) is 14.8. The number of nitrogens with zero attached hydrogens (tertiary/aromatic N) is 5. The molecule has 0 radical (unpaired) electrons. The van der Waals surface area contributed by atoms with Crippen molar-refractivity contribution in [2.75, 3.05) is 49.6 Å². The van der Waals surface area contributed by atoms with E-state index in [-0.39, 0.29) is 17.4 Å². The van der Waals surface area contributed by atoms with Crippen molar-refractivity contribution in [3.63, 3.8) is 0 Å². The van der Waals surface area contributed by atoms with Gasteiger partial charge in [-0.2, -0.15) is 0 Å². The van der Waals surface area contributed by atoms with E-state index in [1.807, 2.05) is 43.5 Å². The Kier molecular flexibility index (Phi) is 8.96. The molecule has 43 heavy (non-hydrogen) atoms. The van der Waals surface area contributed by atoms with Crippen molar-refractivity contribution in [2.45, 2.75) is 40.2 Å². The number of carbonyl (C=O) groups excluding carboxylic acids is 2. The van der Waals surface area contributed by atoms with E-state index in [1.165, 1.54) is 6.26 Å². The Morgan fingerprint density at radius 2 is 1.84 bits per heavy atom. The maximum Gasteiger partial charge on any atom is 0.261 e. The second kappa shape index (κ2) is 12.8. The Morgan fingerprint density at radius 3 is 2.60 bits per heavy atom. The van der Waals surface area contributed by atoms with Crippen LogP contribution in [-0.4, -0.2) is 66.1 Å². The van der Waals surface area contributed by atoms with E-state index in [1.54, 1.807) is 53.7 Å². The summed E-state index contributed by atoms with van der Waals surface area (Å²) in [6.45, 7) is 9.04. The molecule has 4 heterocycles. The van der Waals surface area contributed by atoms with E-state index in [2.05, 4.69) is 16.0 Å². The summed E-state index contributed by atoms with van der Waals surface area (Å²) in [5, 5.41) is 0.584. The first-order chi connectivity index (χ1) is 20.7. The van der Waals surface area contributed by atoms with Crippen LogP contribution in [0.2, 0.25) is 0 Å². The molecule has 10 nitrogen and oxygen atoms in total. The maximum atomic E-state index is 13.2. The average molecular weight is 586 g/mol. The summed E-state index contributed by atoms with van der Waals surface area (Å²) >= 11 is 0. The smallest absolute Gasteiger partial charge is 0.261 e. The van der Waals surface area contributed by atoms with Gasteiger partial charge in [0.15, 0.2) is 0 Å². The lowest BCUT2D eigenvalue weighted by Gasteiger charge is -2.27. The van der Waals surface area contributed by atoms with Gasteiger partial charge in [-0.3, -0.25) is 19.4 Å². The Labute approximate surface area is 251 Å². The number of aromatic nitrogens is 2. The molecule has 0 unspecified atom stereocenters. The molecular formula is C33H39N5O5. The molecule has 0 N–H and O–H groups in total. The zero-order valence-corrected chi connectivity index (χ0v) is 25.3. The van der Waals surface area contributed by atoms with Gasteiger partial charge in [0.2, 0.25) is 11.8 Å². The molecule has 1 aromatic carbocycles. The quantitative estimate of drug-likeness (QED) is 0.180. The van der Waals surface area contributed by atoms with Crippen LogP contribution in [-0.2, 0) is 22.6 Å². The minimum atomic E-state index is -1.15. The number of rotatable bonds is 12. The summed E-state index contributed by atoms with van der Waals surface area (Å²) in [6.07, 6.45) is 8.58. The highest BCUT2D eigenvalue weighted by atomic mass is 16.5. The number of hydrogen-bond acceptors (Lipinski definition) is 7. The molecule has 10 heteroatoms.